The molecule has 26 heavy (non-hydrogen) atoms. The molecule has 0 aliphatic heterocycles. The van der Waals surface area contributed by atoms with E-state index in [1.54, 1.807) is 60.3 Å². The molecule has 6 nitrogen and oxygen atoms in total. The standard InChI is InChI=1S/C19H16N2O4S/c1-21-9-3-7-15(21)16(22)12-25-19(24)13-5-2-6-14(11-13)20-18(23)17-8-4-10-26-17/h2-11H,12H2,1H3,(H,20,23). The number of ketones is 1. The van der Waals surface area contributed by atoms with Crippen LogP contribution < -0.4 is 5.32 Å². The van der Waals surface area contributed by atoms with Crippen LogP contribution in [0.1, 0.15) is 30.5 Å². The van der Waals surface area contributed by atoms with Crippen LogP contribution in [-0.4, -0.2) is 28.8 Å². The highest BCUT2D eigenvalue weighted by Crippen LogP contribution is 2.15. The molecule has 0 aliphatic rings. The Hall–Kier alpha value is -3.19. The molecule has 0 atom stereocenters. The Bertz CT molecular complexity index is 944. The van der Waals surface area contributed by atoms with E-state index in [0.29, 0.717) is 16.3 Å². The van der Waals surface area contributed by atoms with Gasteiger partial charge in [0.2, 0.25) is 5.78 Å². The van der Waals surface area contributed by atoms with Gasteiger partial charge in [-0.1, -0.05) is 12.1 Å². The third-order valence-corrected chi connectivity index (χ3v) is 4.53. The number of thiophene rings is 1. The van der Waals surface area contributed by atoms with Crippen molar-refractivity contribution in [3.8, 4) is 0 Å². The SMILES string of the molecule is Cn1cccc1C(=O)COC(=O)c1cccc(NC(=O)c2cccs2)c1. The molecule has 0 spiro atoms. The number of rotatable bonds is 6. The molecule has 0 fully saturated rings. The molecule has 0 bridgehead atoms. The van der Waals surface area contributed by atoms with Crippen LogP contribution in [0.15, 0.2) is 60.1 Å². The average Bonchev–Trinajstić information content (AvgIpc) is 3.31. The van der Waals surface area contributed by atoms with Gasteiger partial charge in [-0.2, -0.15) is 0 Å². The second-order valence-electron chi connectivity index (χ2n) is 5.52. The number of amides is 1. The first-order valence-corrected chi connectivity index (χ1v) is 8.69. The molecular formula is C19H16N2O4S. The first-order valence-electron chi connectivity index (χ1n) is 7.81. The van der Waals surface area contributed by atoms with Gasteiger partial charge in [-0.05, 0) is 41.8 Å². The van der Waals surface area contributed by atoms with Crippen molar-refractivity contribution < 1.29 is 19.1 Å². The fourth-order valence-corrected chi connectivity index (χ4v) is 2.98. The molecule has 0 saturated carbocycles. The normalized spacial score (nSPS) is 10.3. The Balaban J connectivity index is 1.62. The molecule has 0 aliphatic carbocycles. The lowest BCUT2D eigenvalue weighted by Crippen LogP contribution is -2.17. The van der Waals surface area contributed by atoms with Gasteiger partial charge < -0.3 is 14.6 Å². The third-order valence-electron chi connectivity index (χ3n) is 3.66. The maximum atomic E-state index is 12.2. The number of benzene rings is 1. The number of ether oxygens (including phenoxy) is 1. The summed E-state index contributed by atoms with van der Waals surface area (Å²) in [6.45, 7) is -0.345. The predicted octanol–water partition coefficient (Wildman–Crippen LogP) is 3.38. The molecule has 0 radical (unpaired) electrons. The van der Waals surface area contributed by atoms with Gasteiger partial charge in [0.25, 0.3) is 5.91 Å². The van der Waals surface area contributed by atoms with Gasteiger partial charge in [-0.3, -0.25) is 9.59 Å². The van der Waals surface area contributed by atoms with Crippen molar-refractivity contribution in [3.05, 3.63) is 76.2 Å². The molecule has 3 rings (SSSR count). The minimum absolute atomic E-state index is 0.246. The zero-order chi connectivity index (χ0) is 18.5. The molecule has 3 aromatic rings. The predicted molar refractivity (Wildman–Crippen MR) is 98.7 cm³/mol. The summed E-state index contributed by atoms with van der Waals surface area (Å²) < 4.78 is 6.75. The highest BCUT2D eigenvalue weighted by molar-refractivity contribution is 7.12. The molecule has 1 amide bonds. The quantitative estimate of drug-likeness (QED) is 0.534. The van der Waals surface area contributed by atoms with Gasteiger partial charge >= 0.3 is 5.97 Å². The monoisotopic (exact) mass is 368 g/mol. The zero-order valence-electron chi connectivity index (χ0n) is 14.0. The number of nitrogens with one attached hydrogen (secondary N) is 1. The molecule has 1 aromatic carbocycles. The van der Waals surface area contributed by atoms with E-state index in [1.165, 1.54) is 17.4 Å². The van der Waals surface area contributed by atoms with E-state index in [9.17, 15) is 14.4 Å². The summed E-state index contributed by atoms with van der Waals surface area (Å²) in [5.74, 6) is -1.16. The molecule has 7 heteroatoms. The first kappa shape index (κ1) is 17.6. The van der Waals surface area contributed by atoms with Crippen LogP contribution in [0.3, 0.4) is 0 Å². The van der Waals surface area contributed by atoms with E-state index >= 15 is 0 Å². The van der Waals surface area contributed by atoms with Crippen molar-refractivity contribution >= 4 is 34.7 Å². The number of esters is 1. The summed E-state index contributed by atoms with van der Waals surface area (Å²) >= 11 is 1.33. The van der Waals surface area contributed by atoms with E-state index in [1.807, 2.05) is 5.38 Å². The second kappa shape index (κ2) is 7.79. The van der Waals surface area contributed by atoms with Gasteiger partial charge in [0.05, 0.1) is 16.1 Å². The number of aromatic nitrogens is 1. The number of Topliss-reactive ketones (excluding diaryl/α,β-unsaturated/α-hetero) is 1. The smallest absolute Gasteiger partial charge is 0.338 e. The van der Waals surface area contributed by atoms with Gasteiger partial charge in [0.15, 0.2) is 6.61 Å². The Kier molecular flexibility index (Phi) is 5.28. The minimum Gasteiger partial charge on any atom is -0.454 e. The highest BCUT2D eigenvalue weighted by atomic mass is 32.1. The summed E-state index contributed by atoms with van der Waals surface area (Å²) in [6, 6.07) is 13.3. The Labute approximate surface area is 154 Å². The van der Waals surface area contributed by atoms with Crippen LogP contribution in [0.2, 0.25) is 0 Å². The lowest BCUT2D eigenvalue weighted by Gasteiger charge is -2.07. The van der Waals surface area contributed by atoms with Crippen LogP contribution in [-0.2, 0) is 11.8 Å². The molecule has 2 heterocycles. The minimum atomic E-state index is -0.625. The summed E-state index contributed by atoms with van der Waals surface area (Å²) in [7, 11) is 1.74. The lowest BCUT2D eigenvalue weighted by atomic mass is 10.2. The van der Waals surface area contributed by atoms with Crippen molar-refractivity contribution in [2.45, 2.75) is 0 Å². The summed E-state index contributed by atoms with van der Waals surface area (Å²) in [5.41, 5.74) is 1.20. The van der Waals surface area contributed by atoms with E-state index < -0.39 is 5.97 Å². The van der Waals surface area contributed by atoms with Crippen LogP contribution in [0.25, 0.3) is 0 Å². The van der Waals surface area contributed by atoms with Crippen LogP contribution in [0.5, 0.6) is 0 Å². The van der Waals surface area contributed by atoms with E-state index in [4.69, 9.17) is 4.74 Å². The summed E-state index contributed by atoms with van der Waals surface area (Å²) in [5, 5.41) is 4.54. The van der Waals surface area contributed by atoms with Crippen molar-refractivity contribution in [1.82, 2.24) is 4.57 Å². The number of nitrogens with zero attached hydrogens (tertiary/aromatic N) is 1. The molecule has 2 aromatic heterocycles. The van der Waals surface area contributed by atoms with E-state index in [-0.39, 0.29) is 23.9 Å². The number of anilines is 1. The van der Waals surface area contributed by atoms with Gasteiger partial charge in [0.1, 0.15) is 0 Å². The Morgan fingerprint density at radius 2 is 1.96 bits per heavy atom. The fourth-order valence-electron chi connectivity index (χ4n) is 2.36. The summed E-state index contributed by atoms with van der Waals surface area (Å²) in [4.78, 5) is 36.9. The van der Waals surface area contributed by atoms with Crippen molar-refractivity contribution in [3.63, 3.8) is 0 Å². The van der Waals surface area contributed by atoms with Gasteiger partial charge in [0, 0.05) is 18.9 Å². The van der Waals surface area contributed by atoms with Crippen LogP contribution in [0.4, 0.5) is 5.69 Å². The first-order chi connectivity index (χ1) is 12.5. The van der Waals surface area contributed by atoms with Crippen molar-refractivity contribution in [2.24, 2.45) is 7.05 Å². The van der Waals surface area contributed by atoms with Crippen LogP contribution >= 0.6 is 11.3 Å². The Morgan fingerprint density at radius 3 is 2.65 bits per heavy atom. The van der Waals surface area contributed by atoms with Gasteiger partial charge in [-0.15, -0.1) is 11.3 Å². The van der Waals surface area contributed by atoms with E-state index in [2.05, 4.69) is 5.32 Å². The number of hydrogen-bond acceptors (Lipinski definition) is 5. The van der Waals surface area contributed by atoms with Crippen molar-refractivity contribution in [2.75, 3.05) is 11.9 Å². The number of aryl methyl sites for hydroxylation is 1. The second-order valence-corrected chi connectivity index (χ2v) is 6.46. The molecule has 1 N–H and O–H groups in total. The number of carbonyl (C=O) groups is 3. The lowest BCUT2D eigenvalue weighted by molar-refractivity contribution is 0.0472. The molecular weight excluding hydrogens is 352 g/mol. The average molecular weight is 368 g/mol. The highest BCUT2D eigenvalue weighted by Gasteiger charge is 2.14. The van der Waals surface area contributed by atoms with E-state index in [0.717, 1.165) is 0 Å². The largest absolute Gasteiger partial charge is 0.454 e. The fraction of sp³-hybridized carbons (Fsp3) is 0.105. The number of carbonyl (C=O) groups excluding carboxylic acids is 3. The zero-order valence-corrected chi connectivity index (χ0v) is 14.8. The molecule has 132 valence electrons. The Morgan fingerprint density at radius 1 is 1.12 bits per heavy atom. The van der Waals surface area contributed by atoms with Crippen LogP contribution in [0, 0.1) is 0 Å². The molecule has 0 unspecified atom stereocenters. The number of hydrogen-bond donors (Lipinski definition) is 1. The summed E-state index contributed by atoms with van der Waals surface area (Å²) in [6.07, 6.45) is 1.74. The van der Waals surface area contributed by atoms with Gasteiger partial charge in [-0.25, -0.2) is 4.79 Å². The maximum Gasteiger partial charge on any atom is 0.338 e. The third kappa shape index (κ3) is 4.07. The van der Waals surface area contributed by atoms with Crippen molar-refractivity contribution in [1.29, 1.82) is 0 Å². The maximum absolute atomic E-state index is 12.2. The molecule has 0 saturated heterocycles. The topological polar surface area (TPSA) is 77.4 Å².